The van der Waals surface area contributed by atoms with Crippen molar-refractivity contribution in [3.05, 3.63) is 30.4 Å². The van der Waals surface area contributed by atoms with Crippen molar-refractivity contribution in [1.82, 2.24) is 20.4 Å². The maximum absolute atomic E-state index is 11.9. The van der Waals surface area contributed by atoms with E-state index in [9.17, 15) is 4.79 Å². The molecule has 0 radical (unpaired) electrons. The highest BCUT2D eigenvalue weighted by Gasteiger charge is 2.27. The maximum Gasteiger partial charge on any atom is 0.246 e. The van der Waals surface area contributed by atoms with Crippen LogP contribution in [0.2, 0.25) is 0 Å². The Hall–Kier alpha value is -1.70. The van der Waals surface area contributed by atoms with E-state index < -0.39 is 6.04 Å². The van der Waals surface area contributed by atoms with Crippen molar-refractivity contribution in [1.29, 1.82) is 0 Å². The molecular weight excluding hydrogens is 341 g/mol. The van der Waals surface area contributed by atoms with Crippen LogP contribution in [0.5, 0.6) is 0 Å². The van der Waals surface area contributed by atoms with Crippen LogP contribution in [0.15, 0.2) is 29.0 Å². The predicted octanol–water partition coefficient (Wildman–Crippen LogP) is 1.96. The molecule has 2 aromatic heterocycles. The van der Waals surface area contributed by atoms with Crippen molar-refractivity contribution in [3.63, 3.8) is 0 Å². The second-order valence-corrected chi connectivity index (χ2v) is 5.81. The fraction of sp³-hybridized carbons (Fsp3) is 0.429. The summed E-state index contributed by atoms with van der Waals surface area (Å²) >= 11 is 0. The number of pyridine rings is 1. The van der Waals surface area contributed by atoms with Crippen LogP contribution < -0.4 is 11.1 Å². The van der Waals surface area contributed by atoms with Crippen molar-refractivity contribution < 1.29 is 9.32 Å². The van der Waals surface area contributed by atoms with Crippen LogP contribution in [0.1, 0.15) is 26.7 Å². The Labute approximate surface area is 147 Å². The molecule has 0 aliphatic rings. The summed E-state index contributed by atoms with van der Waals surface area (Å²) < 4.78 is 5.10. The van der Waals surface area contributed by atoms with Crippen LogP contribution in [0.3, 0.4) is 0 Å². The number of rotatable bonds is 4. The highest BCUT2D eigenvalue weighted by atomic mass is 35.5. The standard InChI is InChI=1S/C14H19N5O2.2ClH/c1-14(2,3)11(15)13(20)17-8-10-18-12(19-21-10)9-4-6-16-7-5-9;;/h4-7,11H,8,15H2,1-3H3,(H,17,20);2*1H/t11-;;/m1../s1. The number of carbonyl (C=O) groups excluding carboxylic acids is 1. The summed E-state index contributed by atoms with van der Waals surface area (Å²) in [5.41, 5.74) is 6.37. The van der Waals surface area contributed by atoms with Gasteiger partial charge in [-0.2, -0.15) is 4.98 Å². The molecule has 0 fully saturated rings. The molecule has 0 bridgehead atoms. The van der Waals surface area contributed by atoms with Gasteiger partial charge in [0.1, 0.15) is 0 Å². The molecule has 2 heterocycles. The van der Waals surface area contributed by atoms with Crippen molar-refractivity contribution >= 4 is 30.7 Å². The van der Waals surface area contributed by atoms with Gasteiger partial charge in [0.15, 0.2) is 0 Å². The average Bonchev–Trinajstić information content (AvgIpc) is 2.93. The Morgan fingerprint density at radius 1 is 1.30 bits per heavy atom. The van der Waals surface area contributed by atoms with E-state index >= 15 is 0 Å². The fourth-order valence-corrected chi connectivity index (χ4v) is 1.61. The summed E-state index contributed by atoms with van der Waals surface area (Å²) in [4.78, 5) is 20.0. The number of nitrogens with one attached hydrogen (secondary N) is 1. The Bertz CT molecular complexity index is 613. The Morgan fingerprint density at radius 3 is 2.48 bits per heavy atom. The second-order valence-electron chi connectivity index (χ2n) is 5.81. The number of amides is 1. The topological polar surface area (TPSA) is 107 Å². The largest absolute Gasteiger partial charge is 0.346 e. The summed E-state index contributed by atoms with van der Waals surface area (Å²) in [7, 11) is 0. The highest BCUT2D eigenvalue weighted by molar-refractivity contribution is 5.85. The number of carbonyl (C=O) groups is 1. The number of hydrogen-bond acceptors (Lipinski definition) is 6. The molecule has 1 atom stereocenters. The summed E-state index contributed by atoms with van der Waals surface area (Å²) in [5, 5.41) is 6.56. The predicted molar refractivity (Wildman–Crippen MR) is 91.3 cm³/mol. The van der Waals surface area contributed by atoms with Gasteiger partial charge in [0.05, 0.1) is 12.6 Å². The molecule has 0 aliphatic heterocycles. The molecule has 2 rings (SSSR count). The lowest BCUT2D eigenvalue weighted by Gasteiger charge is -2.25. The normalized spacial score (nSPS) is 11.8. The van der Waals surface area contributed by atoms with Crippen LogP contribution in [-0.4, -0.2) is 27.1 Å². The fourth-order valence-electron chi connectivity index (χ4n) is 1.61. The molecule has 3 N–H and O–H groups in total. The minimum Gasteiger partial charge on any atom is -0.346 e. The van der Waals surface area contributed by atoms with Gasteiger partial charge in [-0.15, -0.1) is 24.8 Å². The number of nitrogens with two attached hydrogens (primary N) is 1. The first-order valence-electron chi connectivity index (χ1n) is 6.64. The molecule has 0 saturated heterocycles. The lowest BCUT2D eigenvalue weighted by atomic mass is 9.87. The van der Waals surface area contributed by atoms with Gasteiger partial charge in [0.2, 0.25) is 17.6 Å². The molecule has 9 heteroatoms. The van der Waals surface area contributed by atoms with E-state index in [1.807, 2.05) is 20.8 Å². The first-order valence-corrected chi connectivity index (χ1v) is 6.64. The van der Waals surface area contributed by atoms with E-state index in [-0.39, 0.29) is 42.7 Å². The number of aromatic nitrogens is 3. The second kappa shape index (κ2) is 8.81. The molecule has 0 aromatic carbocycles. The molecule has 0 aliphatic carbocycles. The Morgan fingerprint density at radius 2 is 1.91 bits per heavy atom. The first kappa shape index (κ1) is 21.3. The molecule has 23 heavy (non-hydrogen) atoms. The van der Waals surface area contributed by atoms with E-state index in [1.165, 1.54) is 0 Å². The Kier molecular flexibility index (Phi) is 8.16. The van der Waals surface area contributed by atoms with Crippen molar-refractivity contribution in [2.45, 2.75) is 33.4 Å². The maximum atomic E-state index is 11.9. The van der Waals surface area contributed by atoms with E-state index in [1.54, 1.807) is 24.5 Å². The smallest absolute Gasteiger partial charge is 0.246 e. The minimum absolute atomic E-state index is 0. The van der Waals surface area contributed by atoms with Crippen LogP contribution >= 0.6 is 24.8 Å². The van der Waals surface area contributed by atoms with Gasteiger partial charge in [0.25, 0.3) is 0 Å². The third kappa shape index (κ3) is 5.78. The van der Waals surface area contributed by atoms with E-state index in [2.05, 4.69) is 20.4 Å². The van der Waals surface area contributed by atoms with E-state index in [0.29, 0.717) is 11.7 Å². The minimum atomic E-state index is -0.597. The number of hydrogen-bond donors (Lipinski definition) is 2. The van der Waals surface area contributed by atoms with Crippen LogP contribution in [0.4, 0.5) is 0 Å². The summed E-state index contributed by atoms with van der Waals surface area (Å²) in [6.45, 7) is 5.88. The molecule has 0 unspecified atom stereocenters. The molecule has 128 valence electrons. The quantitative estimate of drug-likeness (QED) is 0.861. The average molecular weight is 362 g/mol. The van der Waals surface area contributed by atoms with Gasteiger partial charge >= 0.3 is 0 Å². The zero-order valence-corrected chi connectivity index (χ0v) is 14.8. The molecular formula is C14H21Cl2N5O2. The van der Waals surface area contributed by atoms with Crippen LogP contribution in [0, 0.1) is 5.41 Å². The van der Waals surface area contributed by atoms with Crippen molar-refractivity contribution in [2.24, 2.45) is 11.1 Å². The molecule has 1 amide bonds. The van der Waals surface area contributed by atoms with Gasteiger partial charge in [-0.1, -0.05) is 25.9 Å². The van der Waals surface area contributed by atoms with Gasteiger partial charge in [-0.25, -0.2) is 0 Å². The zero-order chi connectivity index (χ0) is 15.5. The van der Waals surface area contributed by atoms with E-state index in [4.69, 9.17) is 10.3 Å². The molecule has 0 saturated carbocycles. The van der Waals surface area contributed by atoms with Crippen LogP contribution in [0.25, 0.3) is 11.4 Å². The van der Waals surface area contributed by atoms with Crippen LogP contribution in [-0.2, 0) is 11.3 Å². The monoisotopic (exact) mass is 361 g/mol. The molecule has 2 aromatic rings. The van der Waals surface area contributed by atoms with Gasteiger partial charge < -0.3 is 15.6 Å². The third-order valence-electron chi connectivity index (χ3n) is 3.04. The van der Waals surface area contributed by atoms with Crippen molar-refractivity contribution in [3.8, 4) is 11.4 Å². The zero-order valence-electron chi connectivity index (χ0n) is 13.1. The number of halogens is 2. The number of nitrogens with zero attached hydrogens (tertiary/aromatic N) is 3. The van der Waals surface area contributed by atoms with E-state index in [0.717, 1.165) is 5.56 Å². The molecule has 0 spiro atoms. The third-order valence-corrected chi connectivity index (χ3v) is 3.04. The molecule has 7 nitrogen and oxygen atoms in total. The summed E-state index contributed by atoms with van der Waals surface area (Å²) in [5.74, 6) is 0.546. The van der Waals surface area contributed by atoms with Crippen molar-refractivity contribution in [2.75, 3.05) is 0 Å². The summed E-state index contributed by atoms with van der Waals surface area (Å²) in [6, 6.07) is 2.96. The van der Waals surface area contributed by atoms with Gasteiger partial charge in [0, 0.05) is 18.0 Å². The highest BCUT2D eigenvalue weighted by Crippen LogP contribution is 2.17. The lowest BCUT2D eigenvalue weighted by Crippen LogP contribution is -2.48. The summed E-state index contributed by atoms with van der Waals surface area (Å²) in [6.07, 6.45) is 3.30. The SMILES string of the molecule is CC(C)(C)[C@H](N)C(=O)NCc1nc(-c2ccncc2)no1.Cl.Cl. The lowest BCUT2D eigenvalue weighted by molar-refractivity contribution is -0.124. The Balaban J connectivity index is 0.00000242. The first-order chi connectivity index (χ1) is 9.88. The van der Waals surface area contributed by atoms with Gasteiger partial charge in [-0.05, 0) is 17.5 Å². The van der Waals surface area contributed by atoms with Gasteiger partial charge in [-0.3, -0.25) is 9.78 Å².